The number of halogens is 3. The van der Waals surface area contributed by atoms with E-state index in [-0.39, 0.29) is 29.6 Å². The first-order chi connectivity index (χ1) is 7.88. The first-order valence-corrected chi connectivity index (χ1v) is 5.51. The maximum atomic E-state index is 11.8. The number of nitrogens with one attached hydrogen (secondary N) is 1. The quantitative estimate of drug-likeness (QED) is 0.801. The standard InChI is InChI=1S/C9H9F3N2O2S/c10-9(11,12)17-4-3-13-7-2-1-6(5-14-7)8(15)16/h1-2,5H,3-4H2,(H,13,14)(H,15,16). The van der Waals surface area contributed by atoms with E-state index in [2.05, 4.69) is 10.3 Å². The van der Waals surface area contributed by atoms with Crippen molar-refractivity contribution in [3.8, 4) is 0 Å². The number of anilines is 1. The molecule has 0 aromatic carbocycles. The van der Waals surface area contributed by atoms with Gasteiger partial charge in [-0.3, -0.25) is 0 Å². The molecule has 0 aliphatic heterocycles. The van der Waals surface area contributed by atoms with Gasteiger partial charge in [0.05, 0.1) is 5.56 Å². The molecule has 0 aliphatic carbocycles. The first-order valence-electron chi connectivity index (χ1n) is 4.52. The third-order valence-corrected chi connectivity index (χ3v) is 2.42. The SMILES string of the molecule is O=C(O)c1ccc(NCCSC(F)(F)F)nc1. The summed E-state index contributed by atoms with van der Waals surface area (Å²) in [4.78, 5) is 14.2. The van der Waals surface area contributed by atoms with Gasteiger partial charge in [-0.1, -0.05) is 0 Å². The summed E-state index contributed by atoms with van der Waals surface area (Å²) in [5.41, 5.74) is -4.21. The van der Waals surface area contributed by atoms with E-state index in [0.717, 1.165) is 6.20 Å². The zero-order valence-electron chi connectivity index (χ0n) is 8.49. The summed E-state index contributed by atoms with van der Waals surface area (Å²) in [7, 11) is 0. The third-order valence-electron chi connectivity index (χ3n) is 1.68. The number of hydrogen-bond acceptors (Lipinski definition) is 4. The van der Waals surface area contributed by atoms with Gasteiger partial charge in [0.25, 0.3) is 0 Å². The fourth-order valence-corrected chi connectivity index (χ4v) is 1.41. The van der Waals surface area contributed by atoms with Crippen molar-refractivity contribution in [1.29, 1.82) is 0 Å². The van der Waals surface area contributed by atoms with E-state index >= 15 is 0 Å². The monoisotopic (exact) mass is 266 g/mol. The number of hydrogen-bond donors (Lipinski definition) is 2. The minimum atomic E-state index is -4.23. The third kappa shape index (κ3) is 5.43. The van der Waals surface area contributed by atoms with Gasteiger partial charge in [0.1, 0.15) is 5.82 Å². The smallest absolute Gasteiger partial charge is 0.441 e. The molecule has 1 aromatic heterocycles. The number of alkyl halides is 3. The minimum absolute atomic E-state index is 0.0280. The number of aromatic carboxylic acids is 1. The van der Waals surface area contributed by atoms with E-state index in [1.54, 1.807) is 0 Å². The normalized spacial score (nSPS) is 11.2. The highest BCUT2D eigenvalue weighted by atomic mass is 32.2. The predicted molar refractivity (Wildman–Crippen MR) is 58.2 cm³/mol. The van der Waals surface area contributed by atoms with Crippen molar-refractivity contribution in [3.63, 3.8) is 0 Å². The molecule has 1 aromatic rings. The van der Waals surface area contributed by atoms with Crippen molar-refractivity contribution >= 4 is 23.5 Å². The topological polar surface area (TPSA) is 62.2 Å². The Labute approximate surface area is 99.2 Å². The fourth-order valence-electron chi connectivity index (χ4n) is 0.971. The lowest BCUT2D eigenvalue weighted by atomic mass is 10.3. The van der Waals surface area contributed by atoms with Gasteiger partial charge in [-0.05, 0) is 23.9 Å². The molecule has 17 heavy (non-hydrogen) atoms. The van der Waals surface area contributed by atoms with Crippen molar-refractivity contribution in [2.45, 2.75) is 5.51 Å². The maximum absolute atomic E-state index is 11.8. The molecule has 0 fully saturated rings. The highest BCUT2D eigenvalue weighted by molar-refractivity contribution is 8.00. The van der Waals surface area contributed by atoms with Crippen LogP contribution in [0.4, 0.5) is 19.0 Å². The average molecular weight is 266 g/mol. The van der Waals surface area contributed by atoms with Crippen LogP contribution in [0.25, 0.3) is 0 Å². The molecular formula is C9H9F3N2O2S. The zero-order chi connectivity index (χ0) is 12.9. The Bertz CT molecular complexity index is 381. The lowest BCUT2D eigenvalue weighted by molar-refractivity contribution is -0.0327. The number of pyridine rings is 1. The number of rotatable bonds is 5. The molecule has 1 rings (SSSR count). The van der Waals surface area contributed by atoms with Gasteiger partial charge in [0.15, 0.2) is 0 Å². The van der Waals surface area contributed by atoms with Crippen molar-refractivity contribution in [3.05, 3.63) is 23.9 Å². The van der Waals surface area contributed by atoms with Crippen LogP contribution >= 0.6 is 11.8 Å². The number of carbonyl (C=O) groups is 1. The Morgan fingerprint density at radius 3 is 2.65 bits per heavy atom. The molecule has 0 atom stereocenters. The molecule has 0 saturated heterocycles. The fraction of sp³-hybridized carbons (Fsp3) is 0.333. The average Bonchev–Trinajstić information content (AvgIpc) is 2.24. The summed E-state index contributed by atoms with van der Waals surface area (Å²) in [6.45, 7) is 0.101. The van der Waals surface area contributed by atoms with Gasteiger partial charge >= 0.3 is 11.5 Å². The molecule has 2 N–H and O–H groups in total. The van der Waals surface area contributed by atoms with E-state index < -0.39 is 11.5 Å². The second-order valence-electron chi connectivity index (χ2n) is 2.96. The van der Waals surface area contributed by atoms with Crippen LogP contribution < -0.4 is 5.32 Å². The number of nitrogens with zero attached hydrogens (tertiary/aromatic N) is 1. The summed E-state index contributed by atoms with van der Waals surface area (Å²) in [6.07, 6.45) is 1.14. The van der Waals surface area contributed by atoms with E-state index in [1.807, 2.05) is 0 Å². The summed E-state index contributed by atoms with van der Waals surface area (Å²) in [6, 6.07) is 2.73. The second kappa shape index (κ2) is 5.76. The highest BCUT2D eigenvalue weighted by Crippen LogP contribution is 2.29. The molecule has 4 nitrogen and oxygen atoms in total. The molecule has 0 spiro atoms. The predicted octanol–water partition coefficient (Wildman–Crippen LogP) is 2.44. The number of thioether (sulfide) groups is 1. The number of carboxylic acids is 1. The van der Waals surface area contributed by atoms with Gasteiger partial charge < -0.3 is 10.4 Å². The molecule has 1 heterocycles. The Kier molecular flexibility index (Phi) is 4.62. The Morgan fingerprint density at radius 2 is 2.18 bits per heavy atom. The highest BCUT2D eigenvalue weighted by Gasteiger charge is 2.27. The van der Waals surface area contributed by atoms with E-state index in [9.17, 15) is 18.0 Å². The summed E-state index contributed by atoms with van der Waals surface area (Å²) in [5, 5.41) is 11.2. The minimum Gasteiger partial charge on any atom is -0.478 e. The van der Waals surface area contributed by atoms with Crippen LogP contribution in [0.5, 0.6) is 0 Å². The molecule has 94 valence electrons. The summed E-state index contributed by atoms with van der Waals surface area (Å²) < 4.78 is 35.3. The van der Waals surface area contributed by atoms with Gasteiger partial charge in [-0.2, -0.15) is 13.2 Å². The maximum Gasteiger partial charge on any atom is 0.441 e. The Morgan fingerprint density at radius 1 is 1.47 bits per heavy atom. The number of carboxylic acid groups (broad SMARTS) is 1. The van der Waals surface area contributed by atoms with Gasteiger partial charge in [-0.15, -0.1) is 0 Å². The van der Waals surface area contributed by atoms with Crippen molar-refractivity contribution < 1.29 is 23.1 Å². The zero-order valence-corrected chi connectivity index (χ0v) is 9.31. The number of aromatic nitrogens is 1. The molecular weight excluding hydrogens is 257 g/mol. The molecule has 0 amide bonds. The van der Waals surface area contributed by atoms with Crippen molar-refractivity contribution in [2.24, 2.45) is 0 Å². The van der Waals surface area contributed by atoms with E-state index in [0.29, 0.717) is 5.82 Å². The lowest BCUT2D eigenvalue weighted by Crippen LogP contribution is -2.10. The first kappa shape index (κ1) is 13.6. The molecule has 0 aliphatic rings. The second-order valence-corrected chi connectivity index (χ2v) is 4.12. The molecule has 0 saturated carbocycles. The van der Waals surface area contributed by atoms with Crippen LogP contribution in [0, 0.1) is 0 Å². The van der Waals surface area contributed by atoms with Crippen LogP contribution in [0.2, 0.25) is 0 Å². The molecule has 0 bridgehead atoms. The van der Waals surface area contributed by atoms with Crippen molar-refractivity contribution in [1.82, 2.24) is 4.98 Å². The van der Waals surface area contributed by atoms with E-state index in [4.69, 9.17) is 5.11 Å². The summed E-state index contributed by atoms with van der Waals surface area (Å²) >= 11 is -0.124. The van der Waals surface area contributed by atoms with Crippen LogP contribution in [-0.2, 0) is 0 Å². The van der Waals surface area contributed by atoms with Crippen LogP contribution in [0.3, 0.4) is 0 Å². The van der Waals surface area contributed by atoms with E-state index in [1.165, 1.54) is 12.1 Å². The molecule has 0 unspecified atom stereocenters. The molecule has 8 heteroatoms. The van der Waals surface area contributed by atoms with Crippen LogP contribution in [-0.4, -0.2) is 33.9 Å². The van der Waals surface area contributed by atoms with Gasteiger partial charge in [0.2, 0.25) is 0 Å². The summed E-state index contributed by atoms with van der Waals surface area (Å²) in [5.74, 6) is -0.888. The largest absolute Gasteiger partial charge is 0.478 e. The van der Waals surface area contributed by atoms with Gasteiger partial charge in [-0.25, -0.2) is 9.78 Å². The van der Waals surface area contributed by atoms with Crippen LogP contribution in [0.15, 0.2) is 18.3 Å². The Hall–Kier alpha value is -1.44. The van der Waals surface area contributed by atoms with Crippen molar-refractivity contribution in [2.75, 3.05) is 17.6 Å². The Balaban J connectivity index is 2.35. The van der Waals surface area contributed by atoms with Crippen LogP contribution in [0.1, 0.15) is 10.4 Å². The molecule has 0 radical (unpaired) electrons. The lowest BCUT2D eigenvalue weighted by Gasteiger charge is -2.07. The van der Waals surface area contributed by atoms with Gasteiger partial charge in [0, 0.05) is 18.5 Å².